The van der Waals surface area contributed by atoms with Crippen LogP contribution < -0.4 is 11.1 Å². The van der Waals surface area contributed by atoms with Crippen molar-refractivity contribution in [3.63, 3.8) is 0 Å². The van der Waals surface area contributed by atoms with Gasteiger partial charge in [0.2, 0.25) is 0 Å². The first-order valence-corrected chi connectivity index (χ1v) is 8.61. The molecule has 1 amide bonds. The van der Waals surface area contributed by atoms with E-state index in [2.05, 4.69) is 31.2 Å². The van der Waals surface area contributed by atoms with Gasteiger partial charge in [-0.2, -0.15) is 0 Å². The van der Waals surface area contributed by atoms with Crippen molar-refractivity contribution >= 4 is 27.7 Å². The summed E-state index contributed by atoms with van der Waals surface area (Å²) < 4.78 is 20.0. The highest BCUT2D eigenvalue weighted by Crippen LogP contribution is 2.33. The number of hydrogen-bond donors (Lipinski definition) is 2. The van der Waals surface area contributed by atoms with Gasteiger partial charge in [0.1, 0.15) is 30.3 Å². The Labute approximate surface area is 153 Å². The second-order valence-corrected chi connectivity index (χ2v) is 6.93. The van der Waals surface area contributed by atoms with E-state index in [1.54, 1.807) is 24.4 Å². The molecule has 0 saturated carbocycles. The number of nitrogens with zero attached hydrogens (tertiary/aromatic N) is 2. The third kappa shape index (κ3) is 3.96. The van der Waals surface area contributed by atoms with Gasteiger partial charge in [-0.3, -0.25) is 9.79 Å². The van der Waals surface area contributed by atoms with E-state index in [0.29, 0.717) is 17.8 Å². The molecule has 1 aromatic heterocycles. The molecule has 0 spiro atoms. The van der Waals surface area contributed by atoms with E-state index in [1.165, 1.54) is 0 Å². The Morgan fingerprint density at radius 3 is 3.04 bits per heavy atom. The monoisotopic (exact) mass is 408 g/mol. The first-order valence-electron chi connectivity index (χ1n) is 7.81. The molecule has 2 aliphatic rings. The molecule has 3 N–H and O–H groups in total. The maximum atomic E-state index is 13.8. The zero-order chi connectivity index (χ0) is 17.9. The Kier molecular flexibility index (Phi) is 5.29. The number of aliphatic imine (C=N–C) groups is 1. The molecule has 6 nitrogen and oxygen atoms in total. The zero-order valence-electron chi connectivity index (χ0n) is 13.4. The van der Waals surface area contributed by atoms with Crippen LogP contribution in [0.4, 0.5) is 4.39 Å². The molecule has 0 radical (unpaired) electrons. The van der Waals surface area contributed by atoms with Crippen LogP contribution in [0.2, 0.25) is 0 Å². The second-order valence-electron chi connectivity index (χ2n) is 6.02. The minimum atomic E-state index is -1.04. The summed E-state index contributed by atoms with van der Waals surface area (Å²) in [6.45, 7) is -0.306. The summed E-state index contributed by atoms with van der Waals surface area (Å²) in [7, 11) is 0. The van der Waals surface area contributed by atoms with Gasteiger partial charge in [0.25, 0.3) is 5.91 Å². The molecule has 0 aromatic carbocycles. The predicted octanol–water partition coefficient (Wildman–Crippen LogP) is 2.13. The summed E-state index contributed by atoms with van der Waals surface area (Å²) in [6, 6.07) is 3.36. The van der Waals surface area contributed by atoms with Gasteiger partial charge in [-0.15, -0.1) is 0 Å². The fraction of sp³-hybridized carbons (Fsp3) is 0.353. The number of amides is 1. The topological polar surface area (TPSA) is 89.6 Å². The first-order chi connectivity index (χ1) is 12.0. The van der Waals surface area contributed by atoms with E-state index >= 15 is 0 Å². The number of nitrogens with two attached hydrogens (primary N) is 1. The SMILES string of the molecule is NC1=N[C@](CF)(C2C=C(NC(=O)c3ccc(Br)cn3)C=CC2)COC1. The van der Waals surface area contributed by atoms with E-state index in [9.17, 15) is 9.18 Å². The zero-order valence-corrected chi connectivity index (χ0v) is 15.0. The van der Waals surface area contributed by atoms with E-state index in [1.807, 2.05) is 12.2 Å². The van der Waals surface area contributed by atoms with Gasteiger partial charge >= 0.3 is 0 Å². The van der Waals surface area contributed by atoms with Crippen molar-refractivity contribution in [2.24, 2.45) is 16.6 Å². The summed E-state index contributed by atoms with van der Waals surface area (Å²) in [6.07, 6.45) is 7.63. The number of pyridine rings is 1. The van der Waals surface area contributed by atoms with Crippen LogP contribution in [0.3, 0.4) is 0 Å². The minimum absolute atomic E-state index is 0.161. The van der Waals surface area contributed by atoms with Crippen molar-refractivity contribution in [1.82, 2.24) is 10.3 Å². The lowest BCUT2D eigenvalue weighted by Crippen LogP contribution is -2.49. The Morgan fingerprint density at radius 2 is 2.36 bits per heavy atom. The summed E-state index contributed by atoms with van der Waals surface area (Å²) in [5.41, 5.74) is 5.57. The molecular weight excluding hydrogens is 391 g/mol. The minimum Gasteiger partial charge on any atom is -0.386 e. The van der Waals surface area contributed by atoms with Crippen molar-refractivity contribution in [2.75, 3.05) is 19.9 Å². The second kappa shape index (κ2) is 7.45. The van der Waals surface area contributed by atoms with Crippen LogP contribution in [0.25, 0.3) is 0 Å². The lowest BCUT2D eigenvalue weighted by molar-refractivity contribution is 0.0617. The third-order valence-electron chi connectivity index (χ3n) is 4.18. The normalized spacial score (nSPS) is 25.9. The lowest BCUT2D eigenvalue weighted by atomic mass is 9.80. The average Bonchev–Trinajstić information content (AvgIpc) is 2.62. The molecule has 0 saturated heterocycles. The summed E-state index contributed by atoms with van der Waals surface area (Å²) in [5.74, 6) is -0.299. The molecule has 3 rings (SSSR count). The quantitative estimate of drug-likeness (QED) is 0.798. The molecule has 0 bridgehead atoms. The fourth-order valence-electron chi connectivity index (χ4n) is 2.89. The number of ether oxygens (including phenoxy) is 1. The van der Waals surface area contributed by atoms with Crippen molar-refractivity contribution in [3.05, 3.63) is 52.4 Å². The molecule has 25 heavy (non-hydrogen) atoms. The lowest BCUT2D eigenvalue weighted by Gasteiger charge is -2.37. The Morgan fingerprint density at radius 1 is 1.52 bits per heavy atom. The summed E-state index contributed by atoms with van der Waals surface area (Å²) in [5, 5.41) is 2.79. The van der Waals surface area contributed by atoms with Crippen molar-refractivity contribution in [2.45, 2.75) is 12.0 Å². The maximum absolute atomic E-state index is 13.8. The molecule has 132 valence electrons. The van der Waals surface area contributed by atoms with Crippen LogP contribution in [0.1, 0.15) is 16.9 Å². The number of rotatable bonds is 4. The number of allylic oxidation sites excluding steroid dienone is 2. The smallest absolute Gasteiger partial charge is 0.274 e. The Hall–Kier alpha value is -2.06. The van der Waals surface area contributed by atoms with Crippen LogP contribution in [-0.4, -0.2) is 42.2 Å². The molecule has 8 heteroatoms. The van der Waals surface area contributed by atoms with E-state index in [-0.39, 0.29) is 30.9 Å². The van der Waals surface area contributed by atoms with E-state index < -0.39 is 12.2 Å². The highest BCUT2D eigenvalue weighted by atomic mass is 79.9. The van der Waals surface area contributed by atoms with Gasteiger partial charge in [-0.05, 0) is 40.6 Å². The summed E-state index contributed by atoms with van der Waals surface area (Å²) in [4.78, 5) is 20.7. The molecule has 1 aliphatic heterocycles. The molecular formula is C17H18BrFN4O2. The largest absolute Gasteiger partial charge is 0.386 e. The number of nitrogens with one attached hydrogen (secondary N) is 1. The van der Waals surface area contributed by atoms with Gasteiger partial charge in [-0.25, -0.2) is 9.37 Å². The van der Waals surface area contributed by atoms with Gasteiger partial charge in [0.15, 0.2) is 0 Å². The Balaban J connectivity index is 1.78. The highest BCUT2D eigenvalue weighted by molar-refractivity contribution is 9.10. The van der Waals surface area contributed by atoms with Crippen molar-refractivity contribution in [1.29, 1.82) is 0 Å². The van der Waals surface area contributed by atoms with Crippen LogP contribution >= 0.6 is 15.9 Å². The molecule has 2 heterocycles. The first kappa shape index (κ1) is 17.8. The number of hydrogen-bond acceptors (Lipinski definition) is 5. The van der Waals surface area contributed by atoms with Crippen LogP contribution in [0.15, 0.2) is 51.7 Å². The number of halogens is 2. The van der Waals surface area contributed by atoms with Crippen molar-refractivity contribution < 1.29 is 13.9 Å². The van der Waals surface area contributed by atoms with Gasteiger partial charge < -0.3 is 15.8 Å². The third-order valence-corrected chi connectivity index (χ3v) is 4.64. The van der Waals surface area contributed by atoms with Gasteiger partial charge in [0.05, 0.1) is 6.61 Å². The van der Waals surface area contributed by atoms with Gasteiger partial charge in [-0.1, -0.05) is 12.2 Å². The maximum Gasteiger partial charge on any atom is 0.274 e. The van der Waals surface area contributed by atoms with Crippen molar-refractivity contribution in [3.8, 4) is 0 Å². The predicted molar refractivity (Wildman–Crippen MR) is 95.9 cm³/mol. The number of carbonyl (C=O) groups excluding carboxylic acids is 1. The molecule has 2 atom stereocenters. The van der Waals surface area contributed by atoms with E-state index in [4.69, 9.17) is 10.5 Å². The fourth-order valence-corrected chi connectivity index (χ4v) is 3.12. The molecule has 0 fully saturated rings. The van der Waals surface area contributed by atoms with Crippen LogP contribution in [0.5, 0.6) is 0 Å². The standard InChI is InChI=1S/C17H18BrFN4O2/c18-12-4-5-14(21-7-12)16(24)22-13-3-1-2-11(6-13)17(9-19)10-25-8-15(20)23-17/h1,3-7,11H,2,8-10H2,(H2,20,23)(H,22,24)/t11?,17-/m0/s1. The molecule has 1 unspecified atom stereocenters. The van der Waals surface area contributed by atoms with Gasteiger partial charge in [0, 0.05) is 22.3 Å². The highest BCUT2D eigenvalue weighted by Gasteiger charge is 2.41. The number of carbonyl (C=O) groups is 1. The summed E-state index contributed by atoms with van der Waals surface area (Å²) >= 11 is 3.28. The van der Waals surface area contributed by atoms with Crippen LogP contribution in [-0.2, 0) is 4.74 Å². The Bertz CT molecular complexity index is 748. The van der Waals surface area contributed by atoms with E-state index in [0.717, 1.165) is 4.47 Å². The van der Waals surface area contributed by atoms with Crippen LogP contribution in [0, 0.1) is 5.92 Å². The molecule has 1 aliphatic carbocycles. The molecule has 1 aromatic rings. The average molecular weight is 409 g/mol. The number of amidine groups is 1. The number of alkyl halides is 1. The number of aromatic nitrogens is 1.